The molecule has 0 amide bonds. The highest BCUT2D eigenvalue weighted by Crippen LogP contribution is 2.19. The Labute approximate surface area is 97.2 Å². The maximum atomic E-state index is 5.74. The third kappa shape index (κ3) is 3.15. The average Bonchev–Trinajstić information content (AvgIpc) is 2.53. The van der Waals surface area contributed by atoms with Crippen LogP contribution in [0, 0.1) is 0 Å². The Kier molecular flexibility index (Phi) is 4.71. The van der Waals surface area contributed by atoms with E-state index in [-0.39, 0.29) is 0 Å². The zero-order chi connectivity index (χ0) is 10.6. The molecule has 0 fully saturated rings. The maximum absolute atomic E-state index is 5.74. The molecule has 0 aliphatic heterocycles. The van der Waals surface area contributed by atoms with Gasteiger partial charge in [0.25, 0.3) is 0 Å². The SMILES string of the molecule is CN=C(SC)N(C)Cc1cnc(Cl)s1. The summed E-state index contributed by atoms with van der Waals surface area (Å²) in [5, 5.41) is 1.01. The Morgan fingerprint density at radius 3 is 2.93 bits per heavy atom. The van der Waals surface area contributed by atoms with Crippen molar-refractivity contribution in [3.05, 3.63) is 15.5 Å². The van der Waals surface area contributed by atoms with E-state index in [0.717, 1.165) is 16.6 Å². The van der Waals surface area contributed by atoms with Gasteiger partial charge in [0, 0.05) is 25.2 Å². The smallest absolute Gasteiger partial charge is 0.183 e. The Morgan fingerprint density at radius 1 is 1.79 bits per heavy atom. The molecule has 14 heavy (non-hydrogen) atoms. The molecule has 0 unspecified atom stereocenters. The van der Waals surface area contributed by atoms with Crippen LogP contribution >= 0.6 is 34.7 Å². The van der Waals surface area contributed by atoms with Crippen molar-refractivity contribution in [1.29, 1.82) is 0 Å². The maximum Gasteiger partial charge on any atom is 0.183 e. The number of halogens is 1. The fourth-order valence-corrected chi connectivity index (χ4v) is 2.67. The summed E-state index contributed by atoms with van der Waals surface area (Å²) in [6.45, 7) is 0.803. The fraction of sp³-hybridized carbons (Fsp3) is 0.500. The lowest BCUT2D eigenvalue weighted by Gasteiger charge is -2.17. The molecule has 0 saturated carbocycles. The molecule has 0 saturated heterocycles. The van der Waals surface area contributed by atoms with E-state index in [0.29, 0.717) is 4.47 Å². The number of aromatic nitrogens is 1. The molecule has 6 heteroatoms. The van der Waals surface area contributed by atoms with E-state index < -0.39 is 0 Å². The van der Waals surface area contributed by atoms with E-state index in [1.807, 2.05) is 13.3 Å². The summed E-state index contributed by atoms with van der Waals surface area (Å²) in [5.41, 5.74) is 0. The van der Waals surface area contributed by atoms with Crippen LogP contribution in [-0.2, 0) is 6.54 Å². The summed E-state index contributed by atoms with van der Waals surface area (Å²) < 4.78 is 0.590. The van der Waals surface area contributed by atoms with Gasteiger partial charge in [-0.2, -0.15) is 0 Å². The summed E-state index contributed by atoms with van der Waals surface area (Å²) in [6.07, 6.45) is 3.82. The second-order valence-electron chi connectivity index (χ2n) is 2.65. The Bertz CT molecular complexity index is 324. The Balaban J connectivity index is 2.60. The first kappa shape index (κ1) is 11.8. The minimum absolute atomic E-state index is 0.590. The van der Waals surface area contributed by atoms with Crippen LogP contribution in [0.5, 0.6) is 0 Å². The molecule has 1 aromatic rings. The van der Waals surface area contributed by atoms with Crippen LogP contribution in [0.2, 0.25) is 4.47 Å². The van der Waals surface area contributed by atoms with E-state index in [2.05, 4.69) is 14.9 Å². The van der Waals surface area contributed by atoms with E-state index in [1.165, 1.54) is 11.3 Å². The van der Waals surface area contributed by atoms with Crippen molar-refractivity contribution in [3.63, 3.8) is 0 Å². The first-order chi connectivity index (χ1) is 6.67. The van der Waals surface area contributed by atoms with E-state index in [4.69, 9.17) is 11.6 Å². The monoisotopic (exact) mass is 249 g/mol. The quantitative estimate of drug-likeness (QED) is 0.596. The molecule has 1 rings (SSSR count). The van der Waals surface area contributed by atoms with Gasteiger partial charge in [-0.15, -0.1) is 11.3 Å². The number of amidine groups is 1. The third-order valence-electron chi connectivity index (χ3n) is 1.62. The van der Waals surface area contributed by atoms with Gasteiger partial charge in [0.1, 0.15) is 0 Å². The van der Waals surface area contributed by atoms with Crippen molar-refractivity contribution in [2.45, 2.75) is 6.54 Å². The van der Waals surface area contributed by atoms with Crippen LogP contribution < -0.4 is 0 Å². The van der Waals surface area contributed by atoms with Crippen molar-refractivity contribution in [3.8, 4) is 0 Å². The van der Waals surface area contributed by atoms with Crippen molar-refractivity contribution in [2.24, 2.45) is 4.99 Å². The standard InChI is InChI=1S/C8H12ClN3S2/c1-10-8(13-3)12(2)5-6-4-11-7(9)14-6/h4H,5H2,1-3H3. The predicted molar refractivity (Wildman–Crippen MR) is 65.5 cm³/mol. The van der Waals surface area contributed by atoms with Crippen molar-refractivity contribution in [2.75, 3.05) is 20.4 Å². The summed E-state index contributed by atoms with van der Waals surface area (Å²) >= 11 is 8.88. The Hall–Kier alpha value is -0.260. The number of hydrogen-bond donors (Lipinski definition) is 0. The van der Waals surface area contributed by atoms with Crippen molar-refractivity contribution >= 4 is 39.9 Å². The molecule has 0 aliphatic carbocycles. The molecule has 0 spiro atoms. The molecule has 3 nitrogen and oxygen atoms in total. The van der Waals surface area contributed by atoms with Crippen molar-refractivity contribution in [1.82, 2.24) is 9.88 Å². The second kappa shape index (κ2) is 5.58. The van der Waals surface area contributed by atoms with E-state index >= 15 is 0 Å². The molecular weight excluding hydrogens is 238 g/mol. The highest BCUT2D eigenvalue weighted by atomic mass is 35.5. The van der Waals surface area contributed by atoms with E-state index in [9.17, 15) is 0 Å². The van der Waals surface area contributed by atoms with Crippen LogP contribution in [0.15, 0.2) is 11.2 Å². The molecule has 0 aliphatic rings. The van der Waals surface area contributed by atoms with Gasteiger partial charge in [0.2, 0.25) is 0 Å². The van der Waals surface area contributed by atoms with Gasteiger partial charge in [-0.1, -0.05) is 23.4 Å². The molecule has 0 N–H and O–H groups in total. The fourth-order valence-electron chi connectivity index (χ4n) is 1.08. The summed E-state index contributed by atoms with van der Waals surface area (Å²) in [4.78, 5) is 11.4. The molecule has 0 radical (unpaired) electrons. The lowest BCUT2D eigenvalue weighted by Crippen LogP contribution is -2.22. The number of nitrogens with zero attached hydrogens (tertiary/aromatic N) is 3. The molecule has 78 valence electrons. The van der Waals surface area contributed by atoms with Gasteiger partial charge in [0.05, 0.1) is 6.54 Å². The topological polar surface area (TPSA) is 28.5 Å². The van der Waals surface area contributed by atoms with Gasteiger partial charge >= 0.3 is 0 Å². The zero-order valence-electron chi connectivity index (χ0n) is 8.32. The number of hydrogen-bond acceptors (Lipinski definition) is 4. The van der Waals surface area contributed by atoms with Crippen LogP contribution in [0.25, 0.3) is 0 Å². The predicted octanol–water partition coefficient (Wildman–Crippen LogP) is 2.58. The van der Waals surface area contributed by atoms with Gasteiger partial charge in [-0.25, -0.2) is 4.98 Å². The third-order valence-corrected chi connectivity index (χ3v) is 3.58. The minimum atomic E-state index is 0.590. The van der Waals surface area contributed by atoms with Crippen LogP contribution in [-0.4, -0.2) is 35.4 Å². The van der Waals surface area contributed by atoms with Gasteiger partial charge in [-0.3, -0.25) is 4.99 Å². The highest BCUT2D eigenvalue weighted by molar-refractivity contribution is 8.13. The molecular formula is C8H12ClN3S2. The summed E-state index contributed by atoms with van der Waals surface area (Å²) in [6, 6.07) is 0. The summed E-state index contributed by atoms with van der Waals surface area (Å²) in [7, 11) is 3.80. The van der Waals surface area contributed by atoms with Crippen LogP contribution in [0.1, 0.15) is 4.88 Å². The number of thiazole rings is 1. The second-order valence-corrected chi connectivity index (χ2v) is 5.12. The van der Waals surface area contributed by atoms with Crippen LogP contribution in [0.3, 0.4) is 0 Å². The molecule has 0 bridgehead atoms. The molecule has 0 aromatic carbocycles. The minimum Gasteiger partial charge on any atom is -0.349 e. The lowest BCUT2D eigenvalue weighted by molar-refractivity contribution is 0.515. The van der Waals surface area contributed by atoms with E-state index in [1.54, 1.807) is 25.0 Å². The number of thioether (sulfide) groups is 1. The number of aliphatic imine (C=N–C) groups is 1. The summed E-state index contributed by atoms with van der Waals surface area (Å²) in [5.74, 6) is 0. The molecule has 0 atom stereocenters. The Morgan fingerprint density at radius 2 is 2.50 bits per heavy atom. The zero-order valence-corrected chi connectivity index (χ0v) is 10.7. The van der Waals surface area contributed by atoms with Gasteiger partial charge in [0.15, 0.2) is 9.63 Å². The normalized spacial score (nSPS) is 11.9. The largest absolute Gasteiger partial charge is 0.349 e. The lowest BCUT2D eigenvalue weighted by atomic mass is 10.5. The first-order valence-corrected chi connectivity index (χ1v) is 6.41. The van der Waals surface area contributed by atoms with Crippen molar-refractivity contribution < 1.29 is 0 Å². The first-order valence-electron chi connectivity index (χ1n) is 3.99. The van der Waals surface area contributed by atoms with Crippen LogP contribution in [0.4, 0.5) is 0 Å². The average molecular weight is 250 g/mol. The number of rotatable bonds is 2. The van der Waals surface area contributed by atoms with Gasteiger partial charge in [-0.05, 0) is 6.26 Å². The highest BCUT2D eigenvalue weighted by Gasteiger charge is 2.07. The molecule has 1 aromatic heterocycles. The van der Waals surface area contributed by atoms with Gasteiger partial charge < -0.3 is 4.90 Å². The molecule has 1 heterocycles.